The number of para-hydroxylation sites is 1. The van der Waals surface area contributed by atoms with Crippen molar-refractivity contribution in [2.24, 2.45) is 0 Å². The molecular formula is C22H20FN5OS3. The maximum atomic E-state index is 13.0. The summed E-state index contributed by atoms with van der Waals surface area (Å²) >= 11 is 4.50. The molecule has 0 aliphatic heterocycles. The van der Waals surface area contributed by atoms with Gasteiger partial charge < -0.3 is 10.6 Å². The molecule has 2 aromatic heterocycles. The summed E-state index contributed by atoms with van der Waals surface area (Å²) in [4.78, 5) is 16.9. The second-order valence-corrected chi connectivity index (χ2v) is 10.1. The van der Waals surface area contributed by atoms with Crippen LogP contribution >= 0.6 is 34.4 Å². The minimum Gasteiger partial charge on any atom is -0.356 e. The number of aromatic nitrogens is 3. The van der Waals surface area contributed by atoms with Crippen LogP contribution in [0.15, 0.2) is 58.3 Å². The van der Waals surface area contributed by atoms with Crippen LogP contribution in [0, 0.1) is 12.7 Å². The first-order valence-electron chi connectivity index (χ1n) is 9.78. The monoisotopic (exact) mass is 485 g/mol. The molecule has 0 saturated heterocycles. The average Bonchev–Trinajstić information content (AvgIpc) is 3.43. The Balaban J connectivity index is 1.24. The summed E-state index contributed by atoms with van der Waals surface area (Å²) in [7, 11) is 0. The number of halogens is 1. The van der Waals surface area contributed by atoms with Crippen molar-refractivity contribution in [2.45, 2.75) is 30.0 Å². The van der Waals surface area contributed by atoms with Crippen LogP contribution in [0.5, 0.6) is 0 Å². The number of nitrogens with zero attached hydrogens (tertiary/aromatic N) is 3. The van der Waals surface area contributed by atoms with Gasteiger partial charge in [-0.25, -0.2) is 9.37 Å². The number of amides is 1. The van der Waals surface area contributed by atoms with Gasteiger partial charge in [0.2, 0.25) is 11.0 Å². The lowest BCUT2D eigenvalue weighted by Crippen LogP contribution is -2.15. The fourth-order valence-electron chi connectivity index (χ4n) is 2.80. The summed E-state index contributed by atoms with van der Waals surface area (Å²) in [6.45, 7) is 2.52. The number of rotatable bonds is 9. The molecule has 0 atom stereocenters. The lowest BCUT2D eigenvalue weighted by Gasteiger charge is -2.06. The van der Waals surface area contributed by atoms with E-state index < -0.39 is 0 Å². The predicted octanol–water partition coefficient (Wildman–Crippen LogP) is 5.53. The number of anilines is 2. The summed E-state index contributed by atoms with van der Waals surface area (Å²) in [6.07, 6.45) is 0.250. The second kappa shape index (κ2) is 10.7. The fourth-order valence-corrected chi connectivity index (χ4v) is 5.33. The van der Waals surface area contributed by atoms with Gasteiger partial charge in [0, 0.05) is 23.4 Å². The highest BCUT2D eigenvalue weighted by Crippen LogP contribution is 2.29. The van der Waals surface area contributed by atoms with E-state index in [0.717, 1.165) is 31.9 Å². The molecule has 0 radical (unpaired) electrons. The molecule has 2 N–H and O–H groups in total. The molecule has 164 valence electrons. The van der Waals surface area contributed by atoms with Gasteiger partial charge in [-0.2, -0.15) is 0 Å². The van der Waals surface area contributed by atoms with Crippen LogP contribution < -0.4 is 10.6 Å². The molecule has 6 nitrogen and oxygen atoms in total. The number of thiazole rings is 1. The van der Waals surface area contributed by atoms with E-state index in [0.29, 0.717) is 17.4 Å². The molecule has 0 aliphatic rings. The molecule has 1 amide bonds. The predicted molar refractivity (Wildman–Crippen MR) is 129 cm³/mol. The number of aryl methyl sites for hydroxylation is 1. The van der Waals surface area contributed by atoms with Crippen molar-refractivity contribution in [2.75, 3.05) is 10.6 Å². The van der Waals surface area contributed by atoms with E-state index in [4.69, 9.17) is 0 Å². The number of hydrogen-bond acceptors (Lipinski definition) is 8. The van der Waals surface area contributed by atoms with E-state index in [-0.39, 0.29) is 18.1 Å². The third kappa shape index (κ3) is 6.35. The van der Waals surface area contributed by atoms with Gasteiger partial charge in [-0.3, -0.25) is 4.79 Å². The summed E-state index contributed by atoms with van der Waals surface area (Å²) in [6, 6.07) is 14.0. The van der Waals surface area contributed by atoms with Crippen LogP contribution in [0.4, 0.5) is 15.2 Å². The molecule has 4 aromatic rings. The maximum Gasteiger partial charge on any atom is 0.231 e. The number of carbonyl (C=O) groups excluding carboxylic acids is 1. The fraction of sp³-hybridized carbons (Fsp3) is 0.182. The van der Waals surface area contributed by atoms with Crippen LogP contribution in [0.2, 0.25) is 0 Å². The lowest BCUT2D eigenvalue weighted by atomic mass is 10.2. The van der Waals surface area contributed by atoms with Crippen LogP contribution in [0.1, 0.15) is 21.8 Å². The van der Waals surface area contributed by atoms with Crippen LogP contribution in [-0.2, 0) is 23.5 Å². The maximum absolute atomic E-state index is 13.0. The summed E-state index contributed by atoms with van der Waals surface area (Å²) in [5, 5.41) is 17.9. The first-order chi connectivity index (χ1) is 15.5. The molecule has 0 unspecified atom stereocenters. The van der Waals surface area contributed by atoms with Gasteiger partial charge in [0.15, 0.2) is 4.34 Å². The van der Waals surface area contributed by atoms with E-state index in [1.165, 1.54) is 34.8 Å². The minimum atomic E-state index is -0.250. The number of benzene rings is 2. The number of thioether (sulfide) groups is 1. The Kier molecular flexibility index (Phi) is 7.46. The smallest absolute Gasteiger partial charge is 0.231 e. The van der Waals surface area contributed by atoms with Gasteiger partial charge in [0.1, 0.15) is 10.8 Å². The Bertz CT molecular complexity index is 1190. The largest absolute Gasteiger partial charge is 0.356 e. The molecule has 0 bridgehead atoms. The van der Waals surface area contributed by atoms with E-state index in [1.54, 1.807) is 23.9 Å². The SMILES string of the molecule is Cc1ccccc1NC(=O)Cc1nc(CSc2nnc(NCc3ccc(F)cc3)s2)cs1. The quantitative estimate of drug-likeness (QED) is 0.304. The van der Waals surface area contributed by atoms with E-state index in [9.17, 15) is 9.18 Å². The number of carbonyl (C=O) groups is 1. The third-order valence-electron chi connectivity index (χ3n) is 4.44. The summed E-state index contributed by atoms with van der Waals surface area (Å²) in [5.74, 6) is 0.331. The van der Waals surface area contributed by atoms with Gasteiger partial charge in [-0.15, -0.1) is 21.5 Å². The van der Waals surface area contributed by atoms with Gasteiger partial charge in [-0.05, 0) is 36.2 Å². The van der Waals surface area contributed by atoms with Gasteiger partial charge >= 0.3 is 0 Å². The van der Waals surface area contributed by atoms with Crippen molar-refractivity contribution in [1.29, 1.82) is 0 Å². The first-order valence-corrected chi connectivity index (χ1v) is 12.5. The number of hydrogen-bond donors (Lipinski definition) is 2. The number of nitrogens with one attached hydrogen (secondary N) is 2. The minimum absolute atomic E-state index is 0.0751. The highest BCUT2D eigenvalue weighted by molar-refractivity contribution is 8.00. The molecule has 10 heteroatoms. The van der Waals surface area contributed by atoms with Crippen molar-refractivity contribution in [3.63, 3.8) is 0 Å². The zero-order valence-electron chi connectivity index (χ0n) is 17.2. The standard InChI is InChI=1S/C22H20FN5OS3/c1-14-4-2-3-5-18(14)26-19(29)10-20-25-17(12-30-20)13-31-22-28-27-21(32-22)24-11-15-6-8-16(23)9-7-15/h2-9,12H,10-11,13H2,1H3,(H,24,27)(H,26,29). The van der Waals surface area contributed by atoms with E-state index >= 15 is 0 Å². The molecular weight excluding hydrogens is 465 g/mol. The highest BCUT2D eigenvalue weighted by Gasteiger charge is 2.11. The van der Waals surface area contributed by atoms with Crippen molar-refractivity contribution in [1.82, 2.24) is 15.2 Å². The molecule has 0 spiro atoms. The second-order valence-electron chi connectivity index (χ2n) is 6.91. The zero-order chi connectivity index (χ0) is 22.3. The third-order valence-corrected chi connectivity index (χ3v) is 7.38. The van der Waals surface area contributed by atoms with Gasteiger partial charge in [0.05, 0.1) is 12.1 Å². The molecule has 32 heavy (non-hydrogen) atoms. The van der Waals surface area contributed by atoms with Crippen LogP contribution in [-0.4, -0.2) is 21.1 Å². The molecule has 0 aliphatic carbocycles. The normalized spacial score (nSPS) is 10.8. The molecule has 2 aromatic carbocycles. The van der Waals surface area contributed by atoms with Gasteiger partial charge in [0.25, 0.3) is 0 Å². The average molecular weight is 486 g/mol. The zero-order valence-corrected chi connectivity index (χ0v) is 19.6. The Morgan fingerprint density at radius 2 is 1.94 bits per heavy atom. The van der Waals surface area contributed by atoms with Gasteiger partial charge in [-0.1, -0.05) is 53.4 Å². The van der Waals surface area contributed by atoms with Crippen molar-refractivity contribution in [3.05, 3.63) is 81.6 Å². The van der Waals surface area contributed by atoms with Crippen LogP contribution in [0.3, 0.4) is 0 Å². The Morgan fingerprint density at radius 3 is 2.75 bits per heavy atom. The summed E-state index contributed by atoms with van der Waals surface area (Å²) in [5.41, 5.74) is 3.73. The Hall–Kier alpha value is -2.82. The lowest BCUT2D eigenvalue weighted by molar-refractivity contribution is -0.115. The molecule has 2 heterocycles. The molecule has 4 rings (SSSR count). The topological polar surface area (TPSA) is 79.8 Å². The summed E-state index contributed by atoms with van der Waals surface area (Å²) < 4.78 is 13.8. The van der Waals surface area contributed by atoms with Crippen molar-refractivity contribution in [3.8, 4) is 0 Å². The first kappa shape index (κ1) is 22.4. The molecule has 0 saturated carbocycles. The highest BCUT2D eigenvalue weighted by atomic mass is 32.2. The van der Waals surface area contributed by atoms with E-state index in [1.807, 2.05) is 36.6 Å². The van der Waals surface area contributed by atoms with Crippen molar-refractivity contribution >= 4 is 51.2 Å². The molecule has 0 fully saturated rings. The Labute approximate surface area is 197 Å². The van der Waals surface area contributed by atoms with Crippen LogP contribution in [0.25, 0.3) is 0 Å². The van der Waals surface area contributed by atoms with Crippen molar-refractivity contribution < 1.29 is 9.18 Å². The van der Waals surface area contributed by atoms with E-state index in [2.05, 4.69) is 25.8 Å². The Morgan fingerprint density at radius 1 is 1.12 bits per heavy atom.